The van der Waals surface area contributed by atoms with Gasteiger partial charge in [-0.15, -0.1) is 0 Å². The van der Waals surface area contributed by atoms with Crippen LogP contribution in [0.25, 0.3) is 0 Å². The predicted molar refractivity (Wildman–Crippen MR) is 84.3 cm³/mol. The molecule has 0 fully saturated rings. The summed E-state index contributed by atoms with van der Waals surface area (Å²) in [5.74, 6) is 5.30. The molecule has 0 radical (unpaired) electrons. The van der Waals surface area contributed by atoms with Gasteiger partial charge in [0, 0.05) is 8.59 Å². The summed E-state index contributed by atoms with van der Waals surface area (Å²) < 4.78 is 14.9. The Hall–Kier alpha value is -0.690. The van der Waals surface area contributed by atoms with Crippen LogP contribution in [0.5, 0.6) is 0 Å². The molecule has 0 saturated heterocycles. The molecule has 0 heterocycles. The Morgan fingerprint density at radius 3 is 2.53 bits per heavy atom. The van der Waals surface area contributed by atoms with Crippen molar-refractivity contribution in [3.05, 3.63) is 68.0 Å². The van der Waals surface area contributed by atoms with E-state index in [-0.39, 0.29) is 11.9 Å². The number of nitrogens with one attached hydrogen (secondary N) is 1. The molecule has 0 aliphatic rings. The molecule has 0 spiro atoms. The lowest BCUT2D eigenvalue weighted by molar-refractivity contribution is 0.529. The van der Waals surface area contributed by atoms with Crippen LogP contribution in [0, 0.1) is 9.39 Å². The maximum atomic E-state index is 13.7. The maximum absolute atomic E-state index is 13.7. The van der Waals surface area contributed by atoms with Gasteiger partial charge in [0.1, 0.15) is 5.82 Å². The van der Waals surface area contributed by atoms with E-state index in [1.54, 1.807) is 6.07 Å². The zero-order valence-corrected chi connectivity index (χ0v) is 13.0. The summed E-state index contributed by atoms with van der Waals surface area (Å²) in [7, 11) is 0. The van der Waals surface area contributed by atoms with Gasteiger partial charge >= 0.3 is 0 Å². The SMILES string of the molecule is NNC(Cc1cc(Cl)ccc1F)c1ccc(I)cc1. The Morgan fingerprint density at radius 2 is 1.89 bits per heavy atom. The standard InChI is InChI=1S/C14H13ClFIN2/c15-11-3-6-13(16)10(7-11)8-14(19-18)9-1-4-12(17)5-2-9/h1-7,14,19H,8,18H2. The molecule has 0 aliphatic heterocycles. The zero-order chi connectivity index (χ0) is 13.8. The van der Waals surface area contributed by atoms with Crippen molar-refractivity contribution in [1.29, 1.82) is 0 Å². The third-order valence-corrected chi connectivity index (χ3v) is 3.86. The van der Waals surface area contributed by atoms with Crippen LogP contribution in [0.2, 0.25) is 5.02 Å². The highest BCUT2D eigenvalue weighted by Crippen LogP contribution is 2.22. The molecule has 19 heavy (non-hydrogen) atoms. The lowest BCUT2D eigenvalue weighted by atomic mass is 9.99. The van der Waals surface area contributed by atoms with E-state index in [0.29, 0.717) is 17.0 Å². The van der Waals surface area contributed by atoms with Crippen molar-refractivity contribution in [3.8, 4) is 0 Å². The first kappa shape index (κ1) is 14.7. The van der Waals surface area contributed by atoms with Crippen molar-refractivity contribution >= 4 is 34.2 Å². The molecule has 3 N–H and O–H groups in total. The van der Waals surface area contributed by atoms with E-state index in [9.17, 15) is 4.39 Å². The highest BCUT2D eigenvalue weighted by atomic mass is 127. The van der Waals surface area contributed by atoms with Crippen molar-refractivity contribution in [2.24, 2.45) is 5.84 Å². The van der Waals surface area contributed by atoms with Crippen molar-refractivity contribution in [2.75, 3.05) is 0 Å². The number of rotatable bonds is 4. The summed E-state index contributed by atoms with van der Waals surface area (Å²) in [4.78, 5) is 0. The van der Waals surface area contributed by atoms with Gasteiger partial charge in [0.15, 0.2) is 0 Å². The van der Waals surface area contributed by atoms with Crippen LogP contribution in [0.1, 0.15) is 17.2 Å². The minimum atomic E-state index is -0.268. The Kier molecular flexibility index (Phi) is 5.15. The predicted octanol–water partition coefficient (Wildman–Crippen LogP) is 3.83. The number of hydrogen-bond acceptors (Lipinski definition) is 2. The van der Waals surface area contributed by atoms with E-state index in [1.807, 2.05) is 24.3 Å². The summed E-state index contributed by atoms with van der Waals surface area (Å²) in [6, 6.07) is 12.3. The first-order chi connectivity index (χ1) is 9.10. The second-order valence-electron chi connectivity index (χ2n) is 4.21. The molecule has 1 atom stereocenters. The maximum Gasteiger partial charge on any atom is 0.126 e. The zero-order valence-electron chi connectivity index (χ0n) is 10.0. The summed E-state index contributed by atoms with van der Waals surface area (Å²) in [6.07, 6.45) is 0.448. The average Bonchev–Trinajstić information content (AvgIpc) is 2.41. The Bertz CT molecular complexity index is 560. The van der Waals surface area contributed by atoms with E-state index in [2.05, 4.69) is 28.0 Å². The summed E-state index contributed by atoms with van der Waals surface area (Å²) in [5.41, 5.74) is 4.29. The number of halogens is 3. The van der Waals surface area contributed by atoms with Crippen molar-refractivity contribution in [1.82, 2.24) is 5.43 Å². The summed E-state index contributed by atoms with van der Waals surface area (Å²) in [6.45, 7) is 0. The number of hydrazine groups is 1. The number of nitrogens with two attached hydrogens (primary N) is 1. The number of hydrogen-bond donors (Lipinski definition) is 2. The van der Waals surface area contributed by atoms with E-state index < -0.39 is 0 Å². The molecule has 100 valence electrons. The highest BCUT2D eigenvalue weighted by molar-refractivity contribution is 14.1. The van der Waals surface area contributed by atoms with Crippen LogP contribution in [0.15, 0.2) is 42.5 Å². The monoisotopic (exact) mass is 390 g/mol. The molecule has 5 heteroatoms. The highest BCUT2D eigenvalue weighted by Gasteiger charge is 2.13. The van der Waals surface area contributed by atoms with E-state index >= 15 is 0 Å². The third kappa shape index (κ3) is 3.89. The van der Waals surface area contributed by atoms with E-state index in [4.69, 9.17) is 17.4 Å². The molecule has 2 rings (SSSR count). The van der Waals surface area contributed by atoms with Gasteiger partial charge in [-0.1, -0.05) is 23.7 Å². The fraction of sp³-hybridized carbons (Fsp3) is 0.143. The van der Waals surface area contributed by atoms with Gasteiger partial charge in [0.05, 0.1) is 6.04 Å². The first-order valence-corrected chi connectivity index (χ1v) is 7.21. The second-order valence-corrected chi connectivity index (χ2v) is 5.89. The fourth-order valence-corrected chi connectivity index (χ4v) is 2.44. The minimum absolute atomic E-state index is 0.148. The van der Waals surface area contributed by atoms with Crippen LogP contribution in [-0.4, -0.2) is 0 Å². The lowest BCUT2D eigenvalue weighted by Crippen LogP contribution is -2.29. The van der Waals surface area contributed by atoms with Crippen molar-refractivity contribution in [3.63, 3.8) is 0 Å². The fourth-order valence-electron chi connectivity index (χ4n) is 1.89. The molecular weight excluding hydrogens is 378 g/mol. The first-order valence-electron chi connectivity index (χ1n) is 5.75. The molecule has 2 nitrogen and oxygen atoms in total. The van der Waals surface area contributed by atoms with Crippen LogP contribution >= 0.6 is 34.2 Å². The van der Waals surface area contributed by atoms with Crippen LogP contribution in [0.4, 0.5) is 4.39 Å². The average molecular weight is 391 g/mol. The molecule has 0 saturated carbocycles. The summed E-state index contributed by atoms with van der Waals surface area (Å²) in [5, 5.41) is 0.523. The molecule has 0 bridgehead atoms. The van der Waals surface area contributed by atoms with Gasteiger partial charge in [-0.05, 0) is 70.5 Å². The normalized spacial score (nSPS) is 12.4. The lowest BCUT2D eigenvalue weighted by Gasteiger charge is -2.17. The molecule has 0 aromatic heterocycles. The van der Waals surface area contributed by atoms with Gasteiger partial charge in [0.2, 0.25) is 0 Å². The third-order valence-electron chi connectivity index (χ3n) is 2.91. The number of benzene rings is 2. The topological polar surface area (TPSA) is 38.0 Å². The van der Waals surface area contributed by atoms with Gasteiger partial charge in [-0.25, -0.2) is 4.39 Å². The summed E-state index contributed by atoms with van der Waals surface area (Å²) >= 11 is 8.13. The molecule has 0 aliphatic carbocycles. The van der Waals surface area contributed by atoms with Crippen molar-refractivity contribution < 1.29 is 4.39 Å². The molecular formula is C14H13ClFIN2. The Labute approximate surface area is 130 Å². The Balaban J connectivity index is 2.23. The second kappa shape index (κ2) is 6.65. The minimum Gasteiger partial charge on any atom is -0.271 e. The van der Waals surface area contributed by atoms with Crippen LogP contribution < -0.4 is 11.3 Å². The quantitative estimate of drug-likeness (QED) is 0.473. The van der Waals surface area contributed by atoms with Crippen LogP contribution in [0.3, 0.4) is 0 Å². The van der Waals surface area contributed by atoms with Crippen molar-refractivity contribution in [2.45, 2.75) is 12.5 Å². The largest absolute Gasteiger partial charge is 0.271 e. The van der Waals surface area contributed by atoms with Crippen LogP contribution in [-0.2, 0) is 6.42 Å². The van der Waals surface area contributed by atoms with Gasteiger partial charge in [-0.2, -0.15) is 0 Å². The molecule has 2 aromatic carbocycles. The smallest absolute Gasteiger partial charge is 0.126 e. The van der Waals surface area contributed by atoms with Gasteiger partial charge in [-0.3, -0.25) is 11.3 Å². The van der Waals surface area contributed by atoms with E-state index in [0.717, 1.165) is 9.13 Å². The Morgan fingerprint density at radius 1 is 1.21 bits per heavy atom. The molecule has 2 aromatic rings. The van der Waals surface area contributed by atoms with Gasteiger partial charge in [0.25, 0.3) is 0 Å². The van der Waals surface area contributed by atoms with Gasteiger partial charge < -0.3 is 0 Å². The van der Waals surface area contributed by atoms with E-state index in [1.165, 1.54) is 12.1 Å². The molecule has 1 unspecified atom stereocenters. The molecule has 0 amide bonds.